The van der Waals surface area contributed by atoms with Crippen molar-refractivity contribution in [3.8, 4) is 0 Å². The van der Waals surface area contributed by atoms with Crippen molar-refractivity contribution in [2.45, 2.75) is 289 Å². The van der Waals surface area contributed by atoms with Gasteiger partial charge in [-0.15, -0.1) is 0 Å². The number of unbranched alkanes of at least 4 members (excludes halogenated alkanes) is 31. The van der Waals surface area contributed by atoms with Gasteiger partial charge in [0.2, 0.25) is 5.91 Å². The molecule has 0 aromatic carbocycles. The van der Waals surface area contributed by atoms with Crippen LogP contribution in [0.3, 0.4) is 0 Å². The first-order chi connectivity index (χ1) is 27.5. The fourth-order valence-electron chi connectivity index (χ4n) is 7.78. The van der Waals surface area contributed by atoms with Crippen molar-refractivity contribution in [2.75, 3.05) is 6.61 Å². The molecule has 0 aliphatic carbocycles. The predicted octanol–water partition coefficient (Wildman–Crippen LogP) is 14.6. The Bertz CT molecular complexity index is 847. The summed E-state index contributed by atoms with van der Waals surface area (Å²) in [6.45, 7) is 6.47. The number of carbonyl (C=O) groups is 2. The summed E-state index contributed by atoms with van der Waals surface area (Å²) in [5.41, 5.74) is 0. The third kappa shape index (κ3) is 39.4. The standard InChI is InChI=1S/C50H97NO5/c1-4-7-10-13-16-19-22-23-24-25-28-31-34-37-40-43-50(55)56-46(41-38-35-32-29-26-20-17-14-11-8-5-2)44-49(54)51-47(45-52)48(53)42-39-36-33-30-27-21-18-15-12-9-6-3/h19,22,46-48,52-53H,4-18,20-21,23-45H2,1-3H3,(H,51,54)/b22-19-. The third-order valence-corrected chi connectivity index (χ3v) is 11.6. The Labute approximate surface area is 349 Å². The fraction of sp³-hybridized carbons (Fsp3) is 0.920. The van der Waals surface area contributed by atoms with Gasteiger partial charge >= 0.3 is 5.97 Å². The van der Waals surface area contributed by atoms with Crippen molar-refractivity contribution in [1.82, 2.24) is 5.32 Å². The maximum absolute atomic E-state index is 13.1. The zero-order valence-corrected chi connectivity index (χ0v) is 37.8. The van der Waals surface area contributed by atoms with Gasteiger partial charge in [-0.3, -0.25) is 9.59 Å². The molecule has 0 bridgehead atoms. The lowest BCUT2D eigenvalue weighted by Gasteiger charge is -2.24. The highest BCUT2D eigenvalue weighted by molar-refractivity contribution is 5.77. The molecule has 0 aliphatic rings. The van der Waals surface area contributed by atoms with Crippen LogP contribution in [0, 0.1) is 0 Å². The maximum Gasteiger partial charge on any atom is 0.306 e. The van der Waals surface area contributed by atoms with Gasteiger partial charge in [0.25, 0.3) is 0 Å². The van der Waals surface area contributed by atoms with Crippen LogP contribution in [0.2, 0.25) is 0 Å². The predicted molar refractivity (Wildman–Crippen MR) is 241 cm³/mol. The molecular formula is C50H97NO5. The topological polar surface area (TPSA) is 95.9 Å². The summed E-state index contributed by atoms with van der Waals surface area (Å²) < 4.78 is 5.92. The lowest BCUT2D eigenvalue weighted by atomic mass is 10.0. The van der Waals surface area contributed by atoms with Gasteiger partial charge < -0.3 is 20.3 Å². The van der Waals surface area contributed by atoms with Crippen molar-refractivity contribution in [2.24, 2.45) is 0 Å². The van der Waals surface area contributed by atoms with Gasteiger partial charge in [0, 0.05) is 6.42 Å². The SMILES string of the molecule is CCCCCC/C=C\CCCCCCCCCC(=O)OC(CCCCCCCCCCCCC)CC(=O)NC(CO)C(O)CCCCCCCCCCCCC. The quantitative estimate of drug-likeness (QED) is 0.0324. The number of esters is 1. The smallest absolute Gasteiger partial charge is 0.306 e. The van der Waals surface area contributed by atoms with Crippen LogP contribution in [0.5, 0.6) is 0 Å². The number of carbonyl (C=O) groups excluding carboxylic acids is 2. The zero-order chi connectivity index (χ0) is 41.0. The third-order valence-electron chi connectivity index (χ3n) is 11.6. The Hall–Kier alpha value is -1.40. The monoisotopic (exact) mass is 792 g/mol. The maximum atomic E-state index is 13.1. The molecule has 56 heavy (non-hydrogen) atoms. The van der Waals surface area contributed by atoms with Crippen LogP contribution < -0.4 is 5.32 Å². The van der Waals surface area contributed by atoms with Gasteiger partial charge in [0.05, 0.1) is 25.2 Å². The van der Waals surface area contributed by atoms with E-state index in [1.807, 2.05) is 0 Å². The second kappa shape index (κ2) is 44.7. The van der Waals surface area contributed by atoms with E-state index in [0.29, 0.717) is 19.3 Å². The molecule has 0 aromatic rings. The van der Waals surface area contributed by atoms with Crippen LogP contribution in [0.15, 0.2) is 12.2 Å². The summed E-state index contributed by atoms with van der Waals surface area (Å²) in [5.74, 6) is -0.465. The Morgan fingerprint density at radius 3 is 1.29 bits per heavy atom. The summed E-state index contributed by atoms with van der Waals surface area (Å²) in [7, 11) is 0. The number of ether oxygens (including phenoxy) is 1. The Morgan fingerprint density at radius 2 is 0.857 bits per heavy atom. The molecule has 0 aromatic heterocycles. The van der Waals surface area contributed by atoms with Crippen LogP contribution in [0.1, 0.15) is 271 Å². The average molecular weight is 792 g/mol. The van der Waals surface area contributed by atoms with Crippen molar-refractivity contribution >= 4 is 11.9 Å². The number of hydrogen-bond acceptors (Lipinski definition) is 5. The molecule has 0 radical (unpaired) electrons. The van der Waals surface area contributed by atoms with E-state index in [9.17, 15) is 19.8 Å². The molecule has 332 valence electrons. The highest BCUT2D eigenvalue weighted by Crippen LogP contribution is 2.18. The molecular weight excluding hydrogens is 695 g/mol. The first kappa shape index (κ1) is 54.6. The number of aliphatic hydroxyl groups is 2. The minimum atomic E-state index is -0.780. The molecule has 6 heteroatoms. The number of rotatable bonds is 45. The molecule has 0 fully saturated rings. The van der Waals surface area contributed by atoms with Gasteiger partial charge in [0.1, 0.15) is 6.10 Å². The Balaban J connectivity index is 4.52. The molecule has 0 saturated heterocycles. The van der Waals surface area contributed by atoms with Gasteiger partial charge in [0.15, 0.2) is 0 Å². The van der Waals surface area contributed by atoms with Crippen LogP contribution in [-0.2, 0) is 14.3 Å². The molecule has 0 aliphatic heterocycles. The van der Waals surface area contributed by atoms with E-state index in [0.717, 1.165) is 44.9 Å². The molecule has 1 amide bonds. The highest BCUT2D eigenvalue weighted by Gasteiger charge is 2.24. The van der Waals surface area contributed by atoms with Crippen LogP contribution in [0.4, 0.5) is 0 Å². The molecule has 0 rings (SSSR count). The minimum absolute atomic E-state index is 0.0825. The van der Waals surface area contributed by atoms with E-state index in [4.69, 9.17) is 4.74 Å². The lowest BCUT2D eigenvalue weighted by Crippen LogP contribution is -2.46. The van der Waals surface area contributed by atoms with Crippen LogP contribution >= 0.6 is 0 Å². The van der Waals surface area contributed by atoms with Crippen molar-refractivity contribution in [3.05, 3.63) is 12.2 Å². The Morgan fingerprint density at radius 1 is 0.500 bits per heavy atom. The summed E-state index contributed by atoms with van der Waals surface area (Å²) in [6.07, 6.45) is 48.4. The van der Waals surface area contributed by atoms with Crippen molar-refractivity contribution in [1.29, 1.82) is 0 Å². The molecule has 0 spiro atoms. The largest absolute Gasteiger partial charge is 0.462 e. The summed E-state index contributed by atoms with van der Waals surface area (Å²) >= 11 is 0. The molecule has 3 N–H and O–H groups in total. The minimum Gasteiger partial charge on any atom is -0.462 e. The molecule has 0 saturated carbocycles. The van der Waals surface area contributed by atoms with Crippen molar-refractivity contribution < 1.29 is 24.5 Å². The molecule has 6 nitrogen and oxygen atoms in total. The number of amides is 1. The number of allylic oxidation sites excluding steroid dienone is 2. The highest BCUT2D eigenvalue weighted by atomic mass is 16.5. The number of hydrogen-bond donors (Lipinski definition) is 3. The number of nitrogens with one attached hydrogen (secondary N) is 1. The van der Waals surface area contributed by atoms with E-state index >= 15 is 0 Å². The van der Waals surface area contributed by atoms with E-state index in [1.54, 1.807) is 0 Å². The van der Waals surface area contributed by atoms with Crippen molar-refractivity contribution in [3.63, 3.8) is 0 Å². The van der Waals surface area contributed by atoms with E-state index in [-0.39, 0.29) is 24.9 Å². The summed E-state index contributed by atoms with van der Waals surface area (Å²) in [6, 6.07) is -0.694. The first-order valence-electron chi connectivity index (χ1n) is 24.9. The van der Waals surface area contributed by atoms with Gasteiger partial charge in [-0.25, -0.2) is 0 Å². The fourth-order valence-corrected chi connectivity index (χ4v) is 7.78. The normalized spacial score (nSPS) is 13.3. The Kier molecular flexibility index (Phi) is 43.6. The van der Waals surface area contributed by atoms with Crippen LogP contribution in [0.25, 0.3) is 0 Å². The van der Waals surface area contributed by atoms with Gasteiger partial charge in [-0.05, 0) is 51.4 Å². The van der Waals surface area contributed by atoms with E-state index in [2.05, 4.69) is 38.2 Å². The second-order valence-electron chi connectivity index (χ2n) is 17.2. The first-order valence-corrected chi connectivity index (χ1v) is 24.9. The van der Waals surface area contributed by atoms with E-state index in [1.165, 1.54) is 180 Å². The van der Waals surface area contributed by atoms with Crippen LogP contribution in [-0.4, -0.2) is 46.9 Å². The molecule has 3 atom stereocenters. The zero-order valence-electron chi connectivity index (χ0n) is 37.8. The summed E-state index contributed by atoms with van der Waals surface area (Å²) in [4.78, 5) is 26.0. The summed E-state index contributed by atoms with van der Waals surface area (Å²) in [5, 5.41) is 23.7. The molecule has 0 heterocycles. The molecule has 3 unspecified atom stereocenters. The lowest BCUT2D eigenvalue weighted by molar-refractivity contribution is -0.151. The average Bonchev–Trinajstić information content (AvgIpc) is 3.19. The van der Waals surface area contributed by atoms with E-state index < -0.39 is 18.2 Å². The number of aliphatic hydroxyl groups excluding tert-OH is 2. The van der Waals surface area contributed by atoms with Gasteiger partial charge in [-0.1, -0.05) is 219 Å². The van der Waals surface area contributed by atoms with Gasteiger partial charge in [-0.2, -0.15) is 0 Å². The second-order valence-corrected chi connectivity index (χ2v) is 17.2.